The van der Waals surface area contributed by atoms with Crippen molar-refractivity contribution in [1.82, 2.24) is 10.2 Å². The molecule has 6 heteroatoms. The highest BCUT2D eigenvalue weighted by Gasteiger charge is 2.09. The van der Waals surface area contributed by atoms with Crippen molar-refractivity contribution in [3.8, 4) is 11.3 Å². The van der Waals surface area contributed by atoms with Crippen LogP contribution in [-0.4, -0.2) is 44.8 Å². The Bertz CT molecular complexity index is 527. The van der Waals surface area contributed by atoms with Gasteiger partial charge in [0.15, 0.2) is 0 Å². The van der Waals surface area contributed by atoms with E-state index in [1.807, 2.05) is 24.3 Å². The van der Waals surface area contributed by atoms with Gasteiger partial charge in [0.25, 0.3) is 0 Å². The van der Waals surface area contributed by atoms with E-state index in [1.54, 1.807) is 6.07 Å². The lowest BCUT2D eigenvalue weighted by atomic mass is 10.1. The monoisotopic (exact) mass is 263 g/mol. The van der Waals surface area contributed by atoms with E-state index in [0.29, 0.717) is 11.4 Å². The SMILES string of the molecule is OCc1cc(-c2ccccc2NCC(O)CO)n[nH]1. The van der Waals surface area contributed by atoms with Crippen LogP contribution in [0.25, 0.3) is 11.3 Å². The zero-order chi connectivity index (χ0) is 13.7. The Labute approximate surface area is 110 Å². The molecule has 5 N–H and O–H groups in total. The summed E-state index contributed by atoms with van der Waals surface area (Å²) in [4.78, 5) is 0. The number of rotatable bonds is 6. The number of H-pyrrole nitrogens is 1. The number of aliphatic hydroxyl groups excluding tert-OH is 3. The number of benzene rings is 1. The Morgan fingerprint density at radius 2 is 2.05 bits per heavy atom. The molecule has 6 nitrogen and oxygen atoms in total. The molecule has 0 fully saturated rings. The molecular weight excluding hydrogens is 246 g/mol. The number of anilines is 1. The molecule has 1 atom stereocenters. The van der Waals surface area contributed by atoms with E-state index in [4.69, 9.17) is 10.2 Å². The van der Waals surface area contributed by atoms with Crippen LogP contribution in [0.15, 0.2) is 30.3 Å². The summed E-state index contributed by atoms with van der Waals surface area (Å²) < 4.78 is 0. The van der Waals surface area contributed by atoms with Gasteiger partial charge in [0.2, 0.25) is 0 Å². The predicted octanol–water partition coefficient (Wildman–Crippen LogP) is 0.334. The third-order valence-electron chi connectivity index (χ3n) is 2.74. The first-order chi connectivity index (χ1) is 9.24. The minimum atomic E-state index is -0.805. The fraction of sp³-hybridized carbons (Fsp3) is 0.308. The Kier molecular flexibility index (Phi) is 4.51. The number of aliphatic hydroxyl groups is 3. The van der Waals surface area contributed by atoms with Crippen molar-refractivity contribution in [2.24, 2.45) is 0 Å². The van der Waals surface area contributed by atoms with Crippen molar-refractivity contribution in [2.75, 3.05) is 18.5 Å². The molecule has 2 aromatic rings. The number of hydrogen-bond acceptors (Lipinski definition) is 5. The molecule has 102 valence electrons. The van der Waals surface area contributed by atoms with Crippen LogP contribution in [0, 0.1) is 0 Å². The summed E-state index contributed by atoms with van der Waals surface area (Å²) >= 11 is 0. The molecule has 0 spiro atoms. The fourth-order valence-electron chi connectivity index (χ4n) is 1.73. The number of hydrogen-bond donors (Lipinski definition) is 5. The maximum absolute atomic E-state index is 9.36. The molecule has 0 aliphatic rings. The van der Waals surface area contributed by atoms with Gasteiger partial charge in [-0.05, 0) is 12.1 Å². The molecule has 0 saturated heterocycles. The summed E-state index contributed by atoms with van der Waals surface area (Å²) in [5, 5.41) is 37.1. The van der Waals surface area contributed by atoms with Gasteiger partial charge >= 0.3 is 0 Å². The van der Waals surface area contributed by atoms with E-state index in [0.717, 1.165) is 11.3 Å². The van der Waals surface area contributed by atoms with Crippen molar-refractivity contribution in [2.45, 2.75) is 12.7 Å². The van der Waals surface area contributed by atoms with Gasteiger partial charge < -0.3 is 20.6 Å². The quantitative estimate of drug-likeness (QED) is 0.517. The van der Waals surface area contributed by atoms with Crippen LogP contribution in [-0.2, 0) is 6.61 Å². The highest BCUT2D eigenvalue weighted by molar-refractivity contribution is 5.75. The standard InChI is InChI=1S/C13H17N3O3/c17-7-9-5-13(16-15-9)11-3-1-2-4-12(11)14-6-10(19)8-18/h1-5,10,14,17-19H,6-8H2,(H,15,16). The molecule has 1 unspecified atom stereocenters. The summed E-state index contributed by atoms with van der Waals surface area (Å²) in [6, 6.07) is 9.29. The van der Waals surface area contributed by atoms with Crippen molar-refractivity contribution < 1.29 is 15.3 Å². The lowest BCUT2D eigenvalue weighted by Crippen LogP contribution is -2.23. The van der Waals surface area contributed by atoms with E-state index >= 15 is 0 Å². The second-order valence-electron chi connectivity index (χ2n) is 4.20. The lowest BCUT2D eigenvalue weighted by Gasteiger charge is -2.13. The number of para-hydroxylation sites is 1. The van der Waals surface area contributed by atoms with E-state index < -0.39 is 6.10 Å². The zero-order valence-electron chi connectivity index (χ0n) is 10.4. The van der Waals surface area contributed by atoms with Gasteiger partial charge in [0.05, 0.1) is 30.7 Å². The summed E-state index contributed by atoms with van der Waals surface area (Å²) in [5.41, 5.74) is 3.03. The van der Waals surface area contributed by atoms with E-state index in [1.165, 1.54) is 0 Å². The molecule has 19 heavy (non-hydrogen) atoms. The molecule has 0 aliphatic heterocycles. The maximum atomic E-state index is 9.36. The van der Waals surface area contributed by atoms with Gasteiger partial charge in [0, 0.05) is 17.8 Å². The first-order valence-electron chi connectivity index (χ1n) is 6.02. The average Bonchev–Trinajstić information content (AvgIpc) is 2.93. The molecule has 2 rings (SSSR count). The number of nitrogens with one attached hydrogen (secondary N) is 2. The van der Waals surface area contributed by atoms with Crippen LogP contribution in [0.2, 0.25) is 0 Å². The number of nitrogens with zero attached hydrogens (tertiary/aromatic N) is 1. The summed E-state index contributed by atoms with van der Waals surface area (Å²) in [6.07, 6.45) is -0.805. The van der Waals surface area contributed by atoms with Gasteiger partial charge in [-0.1, -0.05) is 18.2 Å². The van der Waals surface area contributed by atoms with Crippen molar-refractivity contribution >= 4 is 5.69 Å². The second kappa shape index (κ2) is 6.33. The van der Waals surface area contributed by atoms with Gasteiger partial charge in [-0.15, -0.1) is 0 Å². The Balaban J connectivity index is 2.20. The molecule has 1 aromatic heterocycles. The number of aromatic amines is 1. The topological polar surface area (TPSA) is 101 Å². The smallest absolute Gasteiger partial charge is 0.0945 e. The minimum Gasteiger partial charge on any atom is -0.394 e. The maximum Gasteiger partial charge on any atom is 0.0945 e. The molecular formula is C13H17N3O3. The highest BCUT2D eigenvalue weighted by Crippen LogP contribution is 2.26. The van der Waals surface area contributed by atoms with E-state index in [9.17, 15) is 5.11 Å². The highest BCUT2D eigenvalue weighted by atomic mass is 16.3. The van der Waals surface area contributed by atoms with Crippen LogP contribution in [0.1, 0.15) is 5.69 Å². The van der Waals surface area contributed by atoms with Gasteiger partial charge in [-0.2, -0.15) is 5.10 Å². The van der Waals surface area contributed by atoms with Crippen LogP contribution in [0.4, 0.5) is 5.69 Å². The van der Waals surface area contributed by atoms with Gasteiger partial charge in [-0.3, -0.25) is 5.10 Å². The molecule has 0 radical (unpaired) electrons. The largest absolute Gasteiger partial charge is 0.394 e. The average molecular weight is 263 g/mol. The Morgan fingerprint density at radius 3 is 2.74 bits per heavy atom. The molecule has 0 aliphatic carbocycles. The molecule has 1 heterocycles. The fourth-order valence-corrected chi connectivity index (χ4v) is 1.73. The first kappa shape index (κ1) is 13.5. The first-order valence-corrected chi connectivity index (χ1v) is 6.02. The van der Waals surface area contributed by atoms with Crippen LogP contribution in [0.5, 0.6) is 0 Å². The lowest BCUT2D eigenvalue weighted by molar-refractivity contribution is 0.105. The third kappa shape index (κ3) is 3.31. The Hall–Kier alpha value is -1.89. The van der Waals surface area contributed by atoms with Crippen LogP contribution >= 0.6 is 0 Å². The second-order valence-corrected chi connectivity index (χ2v) is 4.20. The van der Waals surface area contributed by atoms with E-state index in [-0.39, 0.29) is 19.8 Å². The van der Waals surface area contributed by atoms with Gasteiger partial charge in [-0.25, -0.2) is 0 Å². The summed E-state index contributed by atoms with van der Waals surface area (Å²) in [5.74, 6) is 0. The van der Waals surface area contributed by atoms with E-state index in [2.05, 4.69) is 15.5 Å². The zero-order valence-corrected chi connectivity index (χ0v) is 10.4. The number of aromatic nitrogens is 2. The minimum absolute atomic E-state index is 0.0914. The normalized spacial score (nSPS) is 12.4. The Morgan fingerprint density at radius 1 is 1.26 bits per heavy atom. The van der Waals surface area contributed by atoms with Crippen molar-refractivity contribution in [3.63, 3.8) is 0 Å². The van der Waals surface area contributed by atoms with Crippen molar-refractivity contribution in [1.29, 1.82) is 0 Å². The summed E-state index contributed by atoms with van der Waals surface area (Å²) in [7, 11) is 0. The van der Waals surface area contributed by atoms with Crippen LogP contribution < -0.4 is 5.32 Å². The molecule has 0 saturated carbocycles. The van der Waals surface area contributed by atoms with Crippen molar-refractivity contribution in [3.05, 3.63) is 36.0 Å². The summed E-state index contributed by atoms with van der Waals surface area (Å²) in [6.45, 7) is -0.122. The predicted molar refractivity (Wildman–Crippen MR) is 71.5 cm³/mol. The molecule has 0 bridgehead atoms. The molecule has 1 aromatic carbocycles. The molecule has 0 amide bonds. The van der Waals surface area contributed by atoms with Gasteiger partial charge in [0.1, 0.15) is 0 Å². The van der Waals surface area contributed by atoms with Crippen LogP contribution in [0.3, 0.4) is 0 Å². The third-order valence-corrected chi connectivity index (χ3v) is 2.74.